The van der Waals surface area contributed by atoms with E-state index in [1.165, 1.54) is 4.31 Å². The summed E-state index contributed by atoms with van der Waals surface area (Å²) in [4.78, 5) is 2.38. The van der Waals surface area contributed by atoms with E-state index in [0.29, 0.717) is 31.1 Å². The Bertz CT molecular complexity index is 704. The molecule has 21 heavy (non-hydrogen) atoms. The van der Waals surface area contributed by atoms with Gasteiger partial charge >= 0.3 is 0 Å². The van der Waals surface area contributed by atoms with Crippen molar-refractivity contribution in [2.24, 2.45) is 0 Å². The van der Waals surface area contributed by atoms with Gasteiger partial charge in [0.05, 0.1) is 4.90 Å². The quantitative estimate of drug-likeness (QED) is 0.859. The molecule has 7 heteroatoms. The lowest BCUT2D eigenvalue weighted by atomic mass is 10.3. The smallest absolute Gasteiger partial charge is 0.243 e. The van der Waals surface area contributed by atoms with Crippen molar-refractivity contribution in [1.82, 2.24) is 9.46 Å². The minimum absolute atomic E-state index is 0.343. The van der Waals surface area contributed by atoms with Crippen LogP contribution in [-0.4, -0.2) is 44.1 Å². The van der Waals surface area contributed by atoms with Crippen molar-refractivity contribution in [1.29, 1.82) is 0 Å². The van der Waals surface area contributed by atoms with Crippen molar-refractivity contribution in [3.05, 3.63) is 42.2 Å². The highest BCUT2D eigenvalue weighted by molar-refractivity contribution is 7.89. The van der Waals surface area contributed by atoms with Crippen molar-refractivity contribution in [2.45, 2.75) is 11.8 Å². The van der Waals surface area contributed by atoms with Crippen LogP contribution >= 0.6 is 0 Å². The molecule has 1 saturated heterocycles. The zero-order chi connectivity index (χ0) is 14.9. The normalized spacial score (nSPS) is 17.1. The van der Waals surface area contributed by atoms with Gasteiger partial charge in [0.25, 0.3) is 0 Å². The zero-order valence-corrected chi connectivity index (χ0v) is 12.6. The van der Waals surface area contributed by atoms with Crippen LogP contribution in [0.3, 0.4) is 0 Å². The Balaban J connectivity index is 1.71. The fourth-order valence-corrected chi connectivity index (χ4v) is 3.84. The number of anilines is 1. The number of benzene rings is 1. The molecule has 0 saturated carbocycles. The Morgan fingerprint density at radius 2 is 1.76 bits per heavy atom. The monoisotopic (exact) mass is 307 g/mol. The third kappa shape index (κ3) is 2.79. The van der Waals surface area contributed by atoms with Gasteiger partial charge in [-0.25, -0.2) is 8.42 Å². The van der Waals surface area contributed by atoms with Crippen LogP contribution in [-0.2, 0) is 10.0 Å². The standard InChI is InChI=1S/C14H17N3O3S/c1-12-11-14(15-20-12)16-7-9-17(10-8-16)21(18,19)13-5-3-2-4-6-13/h2-6,11H,7-10H2,1H3. The molecule has 0 bridgehead atoms. The maximum absolute atomic E-state index is 12.5. The highest BCUT2D eigenvalue weighted by Crippen LogP contribution is 2.20. The first-order chi connectivity index (χ1) is 10.1. The molecule has 0 unspecified atom stereocenters. The topological polar surface area (TPSA) is 66.7 Å². The predicted molar refractivity (Wildman–Crippen MR) is 78.7 cm³/mol. The van der Waals surface area contributed by atoms with E-state index < -0.39 is 10.0 Å². The molecule has 0 radical (unpaired) electrons. The second-order valence-corrected chi connectivity index (χ2v) is 6.94. The molecule has 0 spiro atoms. The summed E-state index contributed by atoms with van der Waals surface area (Å²) < 4.78 is 31.6. The number of rotatable bonds is 3. The SMILES string of the molecule is Cc1cc(N2CCN(S(=O)(=O)c3ccccc3)CC2)no1. The lowest BCUT2D eigenvalue weighted by Crippen LogP contribution is -2.48. The van der Waals surface area contributed by atoms with Crippen molar-refractivity contribution >= 4 is 15.8 Å². The molecule has 3 rings (SSSR count). The average Bonchev–Trinajstić information content (AvgIpc) is 2.95. The van der Waals surface area contributed by atoms with Crippen LogP contribution in [0.2, 0.25) is 0 Å². The third-order valence-electron chi connectivity index (χ3n) is 3.56. The number of hydrogen-bond donors (Lipinski definition) is 0. The molecule has 1 fully saturated rings. The van der Waals surface area contributed by atoms with E-state index in [9.17, 15) is 8.42 Å². The van der Waals surface area contributed by atoms with E-state index in [4.69, 9.17) is 4.52 Å². The van der Waals surface area contributed by atoms with Crippen LogP contribution in [0.15, 0.2) is 45.8 Å². The van der Waals surface area contributed by atoms with Gasteiger partial charge in [-0.1, -0.05) is 23.4 Å². The second kappa shape index (κ2) is 5.50. The van der Waals surface area contributed by atoms with Gasteiger partial charge in [0.2, 0.25) is 10.0 Å². The van der Waals surface area contributed by atoms with E-state index in [0.717, 1.165) is 11.6 Å². The van der Waals surface area contributed by atoms with Gasteiger partial charge in [-0.3, -0.25) is 0 Å². The number of aromatic nitrogens is 1. The summed E-state index contributed by atoms with van der Waals surface area (Å²) in [6.45, 7) is 3.95. The molecule has 1 aromatic carbocycles. The van der Waals surface area contributed by atoms with E-state index >= 15 is 0 Å². The molecule has 1 aliphatic rings. The average molecular weight is 307 g/mol. The maximum Gasteiger partial charge on any atom is 0.243 e. The van der Waals surface area contributed by atoms with Crippen LogP contribution in [0.4, 0.5) is 5.82 Å². The second-order valence-electron chi connectivity index (χ2n) is 5.00. The van der Waals surface area contributed by atoms with Gasteiger partial charge in [0.15, 0.2) is 5.82 Å². The van der Waals surface area contributed by atoms with Gasteiger partial charge in [-0.2, -0.15) is 4.31 Å². The van der Waals surface area contributed by atoms with Crippen molar-refractivity contribution < 1.29 is 12.9 Å². The van der Waals surface area contributed by atoms with Crippen LogP contribution in [0.5, 0.6) is 0 Å². The number of hydrogen-bond acceptors (Lipinski definition) is 5. The molecule has 1 aliphatic heterocycles. The van der Waals surface area contributed by atoms with Crippen LogP contribution in [0, 0.1) is 6.92 Å². The number of sulfonamides is 1. The van der Waals surface area contributed by atoms with E-state index in [2.05, 4.69) is 5.16 Å². The van der Waals surface area contributed by atoms with Crippen LogP contribution in [0.25, 0.3) is 0 Å². The molecule has 1 aromatic heterocycles. The summed E-state index contributed by atoms with van der Waals surface area (Å²) in [6.07, 6.45) is 0. The molecule has 0 N–H and O–H groups in total. The summed E-state index contributed by atoms with van der Waals surface area (Å²) in [5.41, 5.74) is 0. The first-order valence-electron chi connectivity index (χ1n) is 6.81. The molecule has 0 aliphatic carbocycles. The van der Waals surface area contributed by atoms with Gasteiger partial charge < -0.3 is 9.42 Å². The largest absolute Gasteiger partial charge is 0.360 e. The van der Waals surface area contributed by atoms with E-state index in [1.54, 1.807) is 24.3 Å². The molecule has 2 heterocycles. The molecular weight excluding hydrogens is 290 g/mol. The Morgan fingerprint density at radius 1 is 1.10 bits per heavy atom. The van der Waals surface area contributed by atoms with Gasteiger partial charge in [-0.05, 0) is 19.1 Å². The Hall–Kier alpha value is -1.86. The molecule has 0 amide bonds. The van der Waals surface area contributed by atoms with Crippen molar-refractivity contribution in [2.75, 3.05) is 31.1 Å². The molecular formula is C14H17N3O3S. The molecule has 112 valence electrons. The minimum atomic E-state index is -3.40. The fourth-order valence-electron chi connectivity index (χ4n) is 2.40. The highest BCUT2D eigenvalue weighted by Gasteiger charge is 2.29. The summed E-state index contributed by atoms with van der Waals surface area (Å²) in [5, 5.41) is 3.97. The molecule has 0 atom stereocenters. The Morgan fingerprint density at radius 3 is 2.33 bits per heavy atom. The summed E-state index contributed by atoms with van der Waals surface area (Å²) in [7, 11) is -3.40. The maximum atomic E-state index is 12.5. The van der Waals surface area contributed by atoms with Gasteiger partial charge in [0, 0.05) is 32.2 Å². The lowest BCUT2D eigenvalue weighted by Gasteiger charge is -2.33. The lowest BCUT2D eigenvalue weighted by molar-refractivity contribution is 0.371. The first kappa shape index (κ1) is 14.1. The zero-order valence-electron chi connectivity index (χ0n) is 11.8. The first-order valence-corrected chi connectivity index (χ1v) is 8.25. The molecule has 6 nitrogen and oxygen atoms in total. The third-order valence-corrected chi connectivity index (χ3v) is 5.47. The summed E-state index contributed by atoms with van der Waals surface area (Å²) in [5.74, 6) is 1.52. The van der Waals surface area contributed by atoms with Crippen LogP contribution in [0.1, 0.15) is 5.76 Å². The Labute approximate surface area is 124 Å². The number of nitrogens with zero attached hydrogens (tertiary/aromatic N) is 3. The van der Waals surface area contributed by atoms with Gasteiger partial charge in [0.1, 0.15) is 5.76 Å². The Kier molecular flexibility index (Phi) is 3.69. The van der Waals surface area contributed by atoms with Crippen molar-refractivity contribution in [3.63, 3.8) is 0 Å². The van der Waals surface area contributed by atoms with Crippen LogP contribution < -0.4 is 4.90 Å². The number of aryl methyl sites for hydroxylation is 1. The number of piperazine rings is 1. The fraction of sp³-hybridized carbons (Fsp3) is 0.357. The summed E-state index contributed by atoms with van der Waals surface area (Å²) in [6, 6.07) is 10.4. The molecule has 2 aromatic rings. The predicted octanol–water partition coefficient (Wildman–Crippen LogP) is 1.49. The van der Waals surface area contributed by atoms with Gasteiger partial charge in [-0.15, -0.1) is 0 Å². The van der Waals surface area contributed by atoms with E-state index in [1.807, 2.05) is 24.0 Å². The summed E-state index contributed by atoms with van der Waals surface area (Å²) >= 11 is 0. The van der Waals surface area contributed by atoms with E-state index in [-0.39, 0.29) is 0 Å². The minimum Gasteiger partial charge on any atom is -0.360 e. The van der Waals surface area contributed by atoms with Crippen molar-refractivity contribution in [3.8, 4) is 0 Å². The highest BCUT2D eigenvalue weighted by atomic mass is 32.2.